The van der Waals surface area contributed by atoms with Gasteiger partial charge >= 0.3 is 5.76 Å². The van der Waals surface area contributed by atoms with Crippen LogP contribution >= 0.6 is 0 Å². The first-order valence-electron chi connectivity index (χ1n) is 6.62. The first-order chi connectivity index (χ1) is 9.23. The van der Waals surface area contributed by atoms with Crippen molar-refractivity contribution < 1.29 is 17.2 Å². The molecule has 1 aromatic carbocycles. The zero-order chi connectivity index (χ0) is 15.0. The molecule has 20 heavy (non-hydrogen) atoms. The number of halogens is 2. The summed E-state index contributed by atoms with van der Waals surface area (Å²) in [4.78, 5) is -0.344. The molecule has 1 aromatic rings. The minimum Gasteiger partial charge on any atom is -0.382 e. The second-order valence-electron chi connectivity index (χ2n) is 5.91. The van der Waals surface area contributed by atoms with Gasteiger partial charge in [-0.2, -0.15) is 8.78 Å². The highest BCUT2D eigenvalue weighted by molar-refractivity contribution is 7.91. The number of benzene rings is 1. The van der Waals surface area contributed by atoms with Gasteiger partial charge in [0.1, 0.15) is 0 Å². The Kier molecular flexibility index (Phi) is 4.04. The van der Waals surface area contributed by atoms with Crippen LogP contribution in [0.3, 0.4) is 0 Å². The van der Waals surface area contributed by atoms with E-state index in [-0.39, 0.29) is 10.3 Å². The highest BCUT2D eigenvalue weighted by atomic mass is 32.2. The minimum atomic E-state index is -4.50. The predicted molar refractivity (Wildman–Crippen MR) is 74.7 cm³/mol. The Morgan fingerprint density at radius 1 is 1.25 bits per heavy atom. The first kappa shape index (κ1) is 15.2. The Balaban J connectivity index is 2.14. The SMILES string of the molecule is CC1(C)CCCC1Nc1ccc(S(=O)(=O)C(F)F)cc1. The van der Waals surface area contributed by atoms with Crippen LogP contribution in [0, 0.1) is 5.41 Å². The van der Waals surface area contributed by atoms with E-state index in [1.807, 2.05) is 0 Å². The molecule has 0 amide bonds. The van der Waals surface area contributed by atoms with Gasteiger partial charge in [-0.05, 0) is 42.5 Å². The van der Waals surface area contributed by atoms with Gasteiger partial charge in [0.05, 0.1) is 4.90 Å². The number of hydrogen-bond acceptors (Lipinski definition) is 3. The monoisotopic (exact) mass is 303 g/mol. The molecule has 112 valence electrons. The molecular formula is C14H19F2NO2S. The zero-order valence-electron chi connectivity index (χ0n) is 11.6. The van der Waals surface area contributed by atoms with Gasteiger partial charge in [0.15, 0.2) is 0 Å². The summed E-state index contributed by atoms with van der Waals surface area (Å²) in [5.41, 5.74) is 0.950. The molecule has 1 unspecified atom stereocenters. The van der Waals surface area contributed by atoms with Gasteiger partial charge in [-0.3, -0.25) is 0 Å². The van der Waals surface area contributed by atoms with Crippen LogP contribution in [0.4, 0.5) is 14.5 Å². The highest BCUT2D eigenvalue weighted by Gasteiger charge is 2.34. The van der Waals surface area contributed by atoms with Crippen LogP contribution in [0.2, 0.25) is 0 Å². The lowest BCUT2D eigenvalue weighted by Crippen LogP contribution is -2.30. The Bertz CT molecular complexity index is 567. The maximum absolute atomic E-state index is 12.4. The molecule has 0 radical (unpaired) electrons. The third-order valence-corrected chi connectivity index (χ3v) is 5.41. The van der Waals surface area contributed by atoms with Crippen LogP contribution in [0.25, 0.3) is 0 Å². The van der Waals surface area contributed by atoms with E-state index in [4.69, 9.17) is 0 Å². The van der Waals surface area contributed by atoms with Crippen LogP contribution in [-0.2, 0) is 9.84 Å². The van der Waals surface area contributed by atoms with Gasteiger partial charge < -0.3 is 5.32 Å². The predicted octanol–water partition coefficient (Wildman–Crippen LogP) is 3.67. The summed E-state index contributed by atoms with van der Waals surface area (Å²) in [5, 5.41) is 3.36. The summed E-state index contributed by atoms with van der Waals surface area (Å²) in [6.45, 7) is 4.38. The van der Waals surface area contributed by atoms with Crippen molar-refractivity contribution in [3.05, 3.63) is 24.3 Å². The molecule has 1 aliphatic carbocycles. The molecule has 0 aromatic heterocycles. The van der Waals surface area contributed by atoms with Gasteiger partial charge in [0, 0.05) is 11.7 Å². The van der Waals surface area contributed by atoms with Crippen molar-refractivity contribution in [1.82, 2.24) is 0 Å². The van der Waals surface area contributed by atoms with E-state index in [9.17, 15) is 17.2 Å². The second-order valence-corrected chi connectivity index (χ2v) is 7.83. The molecule has 1 fully saturated rings. The number of sulfone groups is 1. The Hall–Kier alpha value is -1.17. The molecule has 0 heterocycles. The normalized spacial score (nSPS) is 22.1. The van der Waals surface area contributed by atoms with Crippen LogP contribution in [0.5, 0.6) is 0 Å². The third kappa shape index (κ3) is 2.95. The summed E-state index contributed by atoms with van der Waals surface area (Å²) in [5.74, 6) is -3.38. The van der Waals surface area contributed by atoms with E-state index in [1.54, 1.807) is 12.1 Å². The quantitative estimate of drug-likeness (QED) is 0.923. The molecule has 3 nitrogen and oxygen atoms in total. The molecule has 0 saturated heterocycles. The van der Waals surface area contributed by atoms with Crippen LogP contribution in [0.15, 0.2) is 29.2 Å². The molecule has 2 rings (SSSR count). The zero-order valence-corrected chi connectivity index (χ0v) is 12.4. The molecule has 1 aliphatic rings. The second kappa shape index (κ2) is 5.31. The van der Waals surface area contributed by atoms with Crippen molar-refractivity contribution in [2.75, 3.05) is 5.32 Å². The summed E-state index contributed by atoms with van der Waals surface area (Å²) < 4.78 is 47.5. The van der Waals surface area contributed by atoms with Gasteiger partial charge in [0.2, 0.25) is 9.84 Å². The minimum absolute atomic E-state index is 0.188. The van der Waals surface area contributed by atoms with Gasteiger partial charge in [-0.1, -0.05) is 20.3 Å². The summed E-state index contributed by atoms with van der Waals surface area (Å²) in [7, 11) is -4.50. The standard InChI is InChI=1S/C14H19F2NO2S/c1-14(2)9-3-4-12(14)17-10-5-7-11(8-6-10)20(18,19)13(15)16/h5-8,12-13,17H,3-4,9H2,1-2H3. The molecule has 0 aliphatic heterocycles. The van der Waals surface area contributed by atoms with E-state index in [1.165, 1.54) is 12.1 Å². The number of rotatable bonds is 4. The van der Waals surface area contributed by atoms with Crippen LogP contribution in [0.1, 0.15) is 33.1 Å². The highest BCUT2D eigenvalue weighted by Crippen LogP contribution is 2.39. The molecule has 1 N–H and O–H groups in total. The lowest BCUT2D eigenvalue weighted by Gasteiger charge is -2.28. The maximum Gasteiger partial charge on any atom is 0.341 e. The fraction of sp³-hybridized carbons (Fsp3) is 0.571. The fourth-order valence-electron chi connectivity index (χ4n) is 2.64. The lowest BCUT2D eigenvalue weighted by atomic mass is 9.87. The number of anilines is 1. The van der Waals surface area contributed by atoms with Crippen molar-refractivity contribution in [2.45, 2.75) is 49.8 Å². The molecule has 0 bridgehead atoms. The maximum atomic E-state index is 12.4. The van der Waals surface area contributed by atoms with Crippen LogP contribution < -0.4 is 5.32 Å². The Morgan fingerprint density at radius 2 is 1.85 bits per heavy atom. The van der Waals surface area contributed by atoms with Crippen molar-refractivity contribution in [3.8, 4) is 0 Å². The van der Waals surface area contributed by atoms with Crippen LogP contribution in [-0.4, -0.2) is 20.2 Å². The van der Waals surface area contributed by atoms with E-state index in [2.05, 4.69) is 19.2 Å². The number of hydrogen-bond donors (Lipinski definition) is 1. The molecule has 1 atom stereocenters. The van der Waals surface area contributed by atoms with Crippen molar-refractivity contribution in [1.29, 1.82) is 0 Å². The summed E-state index contributed by atoms with van der Waals surface area (Å²) in [6, 6.07) is 5.87. The third-order valence-electron chi connectivity index (χ3n) is 4.02. The molecule has 1 saturated carbocycles. The first-order valence-corrected chi connectivity index (χ1v) is 8.17. The van der Waals surface area contributed by atoms with Gasteiger partial charge in [-0.25, -0.2) is 8.42 Å². The van der Waals surface area contributed by atoms with Crippen molar-refractivity contribution in [3.63, 3.8) is 0 Å². The van der Waals surface area contributed by atoms with Gasteiger partial charge in [0.25, 0.3) is 0 Å². The van der Waals surface area contributed by atoms with E-state index < -0.39 is 15.6 Å². The summed E-state index contributed by atoms with van der Waals surface area (Å²) >= 11 is 0. The van der Waals surface area contributed by atoms with E-state index in [0.29, 0.717) is 6.04 Å². The van der Waals surface area contributed by atoms with Crippen molar-refractivity contribution in [2.24, 2.45) is 5.41 Å². The topological polar surface area (TPSA) is 46.2 Å². The molecule has 6 heteroatoms. The van der Waals surface area contributed by atoms with E-state index in [0.717, 1.165) is 24.9 Å². The van der Waals surface area contributed by atoms with Gasteiger partial charge in [-0.15, -0.1) is 0 Å². The summed E-state index contributed by atoms with van der Waals surface area (Å²) in [6.07, 6.45) is 3.36. The average Bonchev–Trinajstić information content (AvgIpc) is 2.69. The average molecular weight is 303 g/mol. The fourth-order valence-corrected chi connectivity index (χ4v) is 3.36. The number of nitrogens with one attached hydrogen (secondary N) is 1. The largest absolute Gasteiger partial charge is 0.382 e. The Labute approximate surface area is 118 Å². The smallest absolute Gasteiger partial charge is 0.341 e. The number of alkyl halides is 2. The van der Waals surface area contributed by atoms with E-state index >= 15 is 0 Å². The lowest BCUT2D eigenvalue weighted by molar-refractivity contribution is 0.234. The molecule has 0 spiro atoms. The van der Waals surface area contributed by atoms with Crippen molar-refractivity contribution >= 4 is 15.5 Å². The Morgan fingerprint density at radius 3 is 2.30 bits per heavy atom. The molecular weight excluding hydrogens is 284 g/mol.